The van der Waals surface area contributed by atoms with Gasteiger partial charge >= 0.3 is 0 Å². The fourth-order valence-electron chi connectivity index (χ4n) is 7.27. The fourth-order valence-corrected chi connectivity index (χ4v) is 7.27. The monoisotopic (exact) mass is 568 g/mol. The van der Waals surface area contributed by atoms with Crippen LogP contribution in [-0.4, -0.2) is 9.13 Å². The number of hydrogen-bond donors (Lipinski definition) is 0. The lowest BCUT2D eigenvalue weighted by molar-refractivity contribution is 1.18. The van der Waals surface area contributed by atoms with Gasteiger partial charge in [0, 0.05) is 43.7 Å². The molecule has 0 amide bonds. The molecule has 0 bridgehead atoms. The Labute approximate surface area is 267 Å². The molecule has 0 aliphatic rings. The maximum absolute atomic E-state index is 9.16. The molecular formula is C42H26N2. The largest absolute Gasteiger partial charge is 0.309 e. The van der Waals surface area contributed by atoms with E-state index in [0.717, 1.165) is 53.9 Å². The molecule has 0 aliphatic carbocycles. The smallest absolute Gasteiger partial charge is 0.0645 e. The van der Waals surface area contributed by atoms with Crippen LogP contribution in [0.15, 0.2) is 157 Å². The number of rotatable bonds is 2. The lowest BCUT2D eigenvalue weighted by Gasteiger charge is -2.17. The minimum Gasteiger partial charge on any atom is -0.309 e. The predicted molar refractivity (Wildman–Crippen MR) is 188 cm³/mol. The third-order valence-electron chi connectivity index (χ3n) is 8.83. The first kappa shape index (κ1) is 16.1. The summed E-state index contributed by atoms with van der Waals surface area (Å²) < 4.78 is 91.6. The summed E-state index contributed by atoms with van der Waals surface area (Å²) in [5, 5.41) is 8.14. The lowest BCUT2D eigenvalue weighted by Crippen LogP contribution is -1.97. The lowest BCUT2D eigenvalue weighted by atomic mass is 9.90. The van der Waals surface area contributed by atoms with E-state index in [1.807, 2.05) is 97.1 Å². The van der Waals surface area contributed by atoms with E-state index in [0.29, 0.717) is 22.1 Å². The number of para-hydroxylation sites is 4. The Balaban J connectivity index is 1.62. The van der Waals surface area contributed by atoms with Gasteiger partial charge in [-0.1, -0.05) is 121 Å². The van der Waals surface area contributed by atoms with E-state index in [2.05, 4.69) is 0 Å². The van der Waals surface area contributed by atoms with Gasteiger partial charge in [0.1, 0.15) is 0 Å². The van der Waals surface area contributed by atoms with Crippen molar-refractivity contribution in [2.75, 3.05) is 0 Å². The Hall–Kier alpha value is -5.86. The Kier molecular flexibility index (Phi) is 3.23. The summed E-state index contributed by atoms with van der Waals surface area (Å²) in [7, 11) is 0. The van der Waals surface area contributed by atoms with Gasteiger partial charge in [0.25, 0.3) is 0 Å². The van der Waals surface area contributed by atoms with Crippen molar-refractivity contribution in [1.82, 2.24) is 9.13 Å². The average Bonchev–Trinajstić information content (AvgIpc) is 3.72. The minimum atomic E-state index is -0.486. The van der Waals surface area contributed by atoms with Gasteiger partial charge in [-0.15, -0.1) is 0 Å². The van der Waals surface area contributed by atoms with Crippen LogP contribution in [0, 0.1) is 0 Å². The first-order valence-corrected chi connectivity index (χ1v) is 14.4. The number of aromatic nitrogens is 2. The van der Waals surface area contributed by atoms with Gasteiger partial charge < -0.3 is 9.13 Å². The third-order valence-corrected chi connectivity index (χ3v) is 8.83. The molecule has 2 aromatic heterocycles. The summed E-state index contributed by atoms with van der Waals surface area (Å²) in [6.07, 6.45) is 0. The zero-order chi connectivity index (χ0) is 37.5. The minimum absolute atomic E-state index is 0.0131. The van der Waals surface area contributed by atoms with Crippen molar-refractivity contribution in [3.05, 3.63) is 157 Å². The highest BCUT2D eigenvalue weighted by Gasteiger charge is 2.25. The van der Waals surface area contributed by atoms with Gasteiger partial charge in [0.15, 0.2) is 0 Å². The molecule has 44 heavy (non-hydrogen) atoms. The van der Waals surface area contributed by atoms with Crippen LogP contribution in [0.2, 0.25) is 0 Å². The van der Waals surface area contributed by atoms with Crippen molar-refractivity contribution in [2.45, 2.75) is 0 Å². The molecule has 204 valence electrons. The van der Waals surface area contributed by atoms with E-state index in [1.165, 1.54) is 0 Å². The van der Waals surface area contributed by atoms with Crippen molar-refractivity contribution in [3.63, 3.8) is 0 Å². The number of nitrogens with zero attached hydrogens (tertiary/aromatic N) is 2. The maximum Gasteiger partial charge on any atom is 0.0645 e. The Morgan fingerprint density at radius 1 is 0.341 bits per heavy atom. The normalized spacial score (nSPS) is 15.3. The molecule has 2 heteroatoms. The van der Waals surface area contributed by atoms with Crippen molar-refractivity contribution >= 4 is 75.9 Å². The second-order valence-electron chi connectivity index (χ2n) is 10.9. The molecule has 0 radical (unpaired) electrons. The molecule has 0 unspecified atom stereocenters. The van der Waals surface area contributed by atoms with Gasteiger partial charge in [-0.3, -0.25) is 0 Å². The highest BCUT2D eigenvalue weighted by Crippen LogP contribution is 2.49. The molecule has 0 saturated heterocycles. The van der Waals surface area contributed by atoms with Crippen molar-refractivity contribution in [2.24, 2.45) is 0 Å². The second-order valence-corrected chi connectivity index (χ2v) is 10.9. The molecule has 10 aromatic rings. The first-order chi connectivity index (χ1) is 26.0. The van der Waals surface area contributed by atoms with Gasteiger partial charge in [0.05, 0.1) is 35.8 Å². The van der Waals surface area contributed by atoms with Crippen LogP contribution in [0.25, 0.3) is 87.3 Å². The average molecular weight is 569 g/mol. The molecule has 0 N–H and O–H groups in total. The SMILES string of the molecule is [2H]c1c([2H])c([2H])c(-n2c3ccccc3c3c4ccccc4c4c(c5ccccc5c5c6ccccc6n(-c6c([2H])c([2H])c([2H])c([2H])c6[2H])c54)c32)c([2H])c1[2H]. The summed E-state index contributed by atoms with van der Waals surface area (Å²) in [6, 6.07) is 27.0. The van der Waals surface area contributed by atoms with Gasteiger partial charge in [-0.25, -0.2) is 0 Å². The highest BCUT2D eigenvalue weighted by molar-refractivity contribution is 6.44. The summed E-state index contributed by atoms with van der Waals surface area (Å²) in [4.78, 5) is 0. The van der Waals surface area contributed by atoms with Crippen LogP contribution in [0.1, 0.15) is 13.7 Å². The summed E-state index contributed by atoms with van der Waals surface area (Å²) in [5.41, 5.74) is 2.58. The van der Waals surface area contributed by atoms with Gasteiger partial charge in [-0.2, -0.15) is 0 Å². The molecule has 8 aromatic carbocycles. The number of benzene rings is 8. The van der Waals surface area contributed by atoms with E-state index in [9.17, 15) is 0 Å². The van der Waals surface area contributed by atoms with Crippen molar-refractivity contribution in [3.8, 4) is 11.4 Å². The predicted octanol–water partition coefficient (Wildman–Crippen LogP) is 11.3. The van der Waals surface area contributed by atoms with E-state index in [4.69, 9.17) is 13.7 Å². The van der Waals surface area contributed by atoms with Crippen LogP contribution in [0.3, 0.4) is 0 Å². The van der Waals surface area contributed by atoms with Crippen LogP contribution in [-0.2, 0) is 0 Å². The molecule has 0 atom stereocenters. The van der Waals surface area contributed by atoms with Crippen molar-refractivity contribution in [1.29, 1.82) is 0 Å². The molecular weight excluding hydrogens is 532 g/mol. The van der Waals surface area contributed by atoms with Crippen LogP contribution in [0.5, 0.6) is 0 Å². The Morgan fingerprint density at radius 3 is 1.05 bits per heavy atom. The first-order valence-electron chi connectivity index (χ1n) is 19.4. The Morgan fingerprint density at radius 2 is 0.659 bits per heavy atom. The van der Waals surface area contributed by atoms with Crippen LogP contribution < -0.4 is 0 Å². The number of fused-ring (bicyclic) bond motifs is 15. The molecule has 10 rings (SSSR count). The molecule has 0 spiro atoms. The van der Waals surface area contributed by atoms with Crippen LogP contribution >= 0.6 is 0 Å². The second kappa shape index (κ2) is 8.82. The van der Waals surface area contributed by atoms with Crippen LogP contribution in [0.4, 0.5) is 0 Å². The van der Waals surface area contributed by atoms with E-state index >= 15 is 0 Å². The number of hydrogen-bond acceptors (Lipinski definition) is 0. The van der Waals surface area contributed by atoms with Crippen molar-refractivity contribution < 1.29 is 13.7 Å². The zero-order valence-electron chi connectivity index (χ0n) is 33.1. The molecule has 0 saturated carbocycles. The van der Waals surface area contributed by atoms with E-state index in [-0.39, 0.29) is 35.5 Å². The third kappa shape index (κ3) is 2.99. The fraction of sp³-hybridized carbons (Fsp3) is 0. The molecule has 0 aliphatic heterocycles. The summed E-state index contributed by atoms with van der Waals surface area (Å²) in [5.74, 6) is 0. The van der Waals surface area contributed by atoms with E-state index < -0.39 is 36.3 Å². The highest BCUT2D eigenvalue weighted by atomic mass is 15.0. The topological polar surface area (TPSA) is 9.86 Å². The van der Waals surface area contributed by atoms with E-state index in [1.54, 1.807) is 9.13 Å². The summed E-state index contributed by atoms with van der Waals surface area (Å²) in [6.45, 7) is 0. The molecule has 0 fully saturated rings. The van der Waals surface area contributed by atoms with Gasteiger partial charge in [0.2, 0.25) is 0 Å². The molecule has 2 heterocycles. The van der Waals surface area contributed by atoms with Gasteiger partial charge in [-0.05, 0) is 57.8 Å². The quantitative estimate of drug-likeness (QED) is 0.184. The standard InChI is InChI=1S/C42H26N2/c1-3-15-27(16-4-1)43-35-25-13-11-23-33(35)37-29-19-7-10-22-32(29)40-39(41(37)43)31-21-9-8-20-30(31)38-34-24-12-14-26-36(34)44(42(38)40)28-17-5-2-6-18-28/h1-26H/i1D,2D,3D,4D,5D,6D,15D,16D,17D,18D. The molecule has 2 nitrogen and oxygen atoms in total. The zero-order valence-corrected chi connectivity index (χ0v) is 23.1. The summed E-state index contributed by atoms with van der Waals surface area (Å²) >= 11 is 0. The Bertz CT molecular complexity index is 3060. The maximum atomic E-state index is 9.16.